The molecule has 0 saturated carbocycles. The molecule has 0 saturated heterocycles. The van der Waals surface area contributed by atoms with Gasteiger partial charge in [0.1, 0.15) is 10.6 Å². The highest BCUT2D eigenvalue weighted by molar-refractivity contribution is 7.15. The number of methoxy groups -OCH3 is 1. The van der Waals surface area contributed by atoms with E-state index in [-0.39, 0.29) is 5.91 Å². The van der Waals surface area contributed by atoms with Crippen molar-refractivity contribution in [2.75, 3.05) is 12.4 Å². The third kappa shape index (κ3) is 3.73. The number of nitrogens with one attached hydrogen (secondary N) is 1. The Morgan fingerprint density at radius 1 is 1.04 bits per heavy atom. The average molecular weight is 372 g/mol. The largest absolute Gasteiger partial charge is 0.465 e. The lowest BCUT2D eigenvalue weighted by Gasteiger charge is -2.08. The van der Waals surface area contributed by atoms with Crippen LogP contribution in [-0.2, 0) is 4.74 Å². The second-order valence-electron chi connectivity index (χ2n) is 5.17. The van der Waals surface area contributed by atoms with Crippen LogP contribution in [0.1, 0.15) is 20.7 Å². The molecule has 3 rings (SSSR count). The summed E-state index contributed by atoms with van der Waals surface area (Å²) in [7, 11) is 1.32. The van der Waals surface area contributed by atoms with Crippen molar-refractivity contribution < 1.29 is 14.3 Å². The third-order valence-corrected chi connectivity index (χ3v) is 4.75. The van der Waals surface area contributed by atoms with E-state index in [1.165, 1.54) is 18.4 Å². The molecule has 0 spiro atoms. The first-order valence-electron chi connectivity index (χ1n) is 7.42. The highest BCUT2D eigenvalue weighted by Gasteiger charge is 2.22. The van der Waals surface area contributed by atoms with Gasteiger partial charge in [0.05, 0.1) is 7.11 Å². The van der Waals surface area contributed by atoms with Gasteiger partial charge in [-0.1, -0.05) is 41.9 Å². The predicted molar refractivity (Wildman–Crippen MR) is 100 cm³/mol. The summed E-state index contributed by atoms with van der Waals surface area (Å²) in [5, 5.41) is 5.62. The molecule has 0 aliphatic carbocycles. The van der Waals surface area contributed by atoms with Gasteiger partial charge in [0.2, 0.25) is 0 Å². The molecule has 0 radical (unpaired) electrons. The number of carbonyl (C=O) groups is 2. The van der Waals surface area contributed by atoms with Crippen LogP contribution < -0.4 is 5.32 Å². The number of ether oxygens (including phenoxy) is 1. The Bertz CT molecular complexity index is 904. The fourth-order valence-electron chi connectivity index (χ4n) is 2.36. The van der Waals surface area contributed by atoms with Gasteiger partial charge in [-0.25, -0.2) is 4.79 Å². The van der Waals surface area contributed by atoms with Crippen LogP contribution in [0.2, 0.25) is 5.02 Å². The van der Waals surface area contributed by atoms with E-state index in [0.29, 0.717) is 21.2 Å². The Morgan fingerprint density at radius 2 is 1.72 bits per heavy atom. The van der Waals surface area contributed by atoms with Gasteiger partial charge >= 0.3 is 5.97 Å². The molecule has 0 aliphatic rings. The van der Waals surface area contributed by atoms with Crippen molar-refractivity contribution in [2.45, 2.75) is 0 Å². The first kappa shape index (κ1) is 17.2. The van der Waals surface area contributed by atoms with E-state index in [0.717, 1.165) is 11.1 Å². The standard InChI is InChI=1S/C19H14ClNO3S/c1-24-19(23)16-15(12-5-3-2-4-6-12)11-25-18(16)21-17(22)13-7-9-14(20)10-8-13/h2-11H,1H3,(H,21,22). The van der Waals surface area contributed by atoms with E-state index in [4.69, 9.17) is 16.3 Å². The van der Waals surface area contributed by atoms with Crippen LogP contribution in [0.15, 0.2) is 60.0 Å². The number of hydrogen-bond donors (Lipinski definition) is 1. The maximum atomic E-state index is 12.4. The Balaban J connectivity index is 1.96. The number of esters is 1. The van der Waals surface area contributed by atoms with Crippen LogP contribution in [0.5, 0.6) is 0 Å². The zero-order valence-corrected chi connectivity index (χ0v) is 14.9. The van der Waals surface area contributed by atoms with Crippen molar-refractivity contribution in [2.24, 2.45) is 0 Å². The van der Waals surface area contributed by atoms with Gasteiger partial charge in [0.15, 0.2) is 0 Å². The molecule has 0 atom stereocenters. The topological polar surface area (TPSA) is 55.4 Å². The maximum absolute atomic E-state index is 12.4. The molecular weight excluding hydrogens is 358 g/mol. The van der Waals surface area contributed by atoms with Crippen LogP contribution in [-0.4, -0.2) is 19.0 Å². The monoisotopic (exact) mass is 371 g/mol. The van der Waals surface area contributed by atoms with Crippen molar-refractivity contribution in [3.05, 3.63) is 76.1 Å². The Hall–Kier alpha value is -2.63. The number of thiophene rings is 1. The molecule has 4 nitrogen and oxygen atoms in total. The molecule has 126 valence electrons. The van der Waals surface area contributed by atoms with Crippen molar-refractivity contribution in [3.8, 4) is 11.1 Å². The molecular formula is C19H14ClNO3S. The first-order valence-corrected chi connectivity index (χ1v) is 8.68. The number of rotatable bonds is 4. The van der Waals surface area contributed by atoms with Crippen molar-refractivity contribution in [1.29, 1.82) is 0 Å². The molecule has 0 bridgehead atoms. The maximum Gasteiger partial charge on any atom is 0.341 e. The molecule has 3 aromatic rings. The van der Waals surface area contributed by atoms with Crippen LogP contribution in [0.3, 0.4) is 0 Å². The summed E-state index contributed by atoms with van der Waals surface area (Å²) in [6.07, 6.45) is 0. The fourth-order valence-corrected chi connectivity index (χ4v) is 3.44. The van der Waals surface area contributed by atoms with E-state index in [1.807, 2.05) is 35.7 Å². The first-order chi connectivity index (χ1) is 12.1. The smallest absolute Gasteiger partial charge is 0.341 e. The van der Waals surface area contributed by atoms with Crippen LogP contribution in [0, 0.1) is 0 Å². The SMILES string of the molecule is COC(=O)c1c(-c2ccccc2)csc1NC(=O)c1ccc(Cl)cc1. The lowest BCUT2D eigenvalue weighted by Crippen LogP contribution is -2.14. The second-order valence-corrected chi connectivity index (χ2v) is 6.49. The molecule has 1 heterocycles. The minimum atomic E-state index is -0.494. The summed E-state index contributed by atoms with van der Waals surface area (Å²) in [6.45, 7) is 0. The lowest BCUT2D eigenvalue weighted by atomic mass is 10.0. The van der Waals surface area contributed by atoms with Crippen LogP contribution in [0.25, 0.3) is 11.1 Å². The van der Waals surface area contributed by atoms with Crippen molar-refractivity contribution >= 4 is 39.8 Å². The Kier molecular flexibility index (Phi) is 5.16. The van der Waals surface area contributed by atoms with Crippen molar-refractivity contribution in [3.63, 3.8) is 0 Å². The normalized spacial score (nSPS) is 10.3. The molecule has 1 amide bonds. The molecule has 0 fully saturated rings. The van der Waals surface area contributed by atoms with E-state index in [1.54, 1.807) is 24.3 Å². The highest BCUT2D eigenvalue weighted by Crippen LogP contribution is 2.36. The quantitative estimate of drug-likeness (QED) is 0.648. The Labute approximate surface area is 154 Å². The number of hydrogen-bond acceptors (Lipinski definition) is 4. The number of halogens is 1. The fraction of sp³-hybridized carbons (Fsp3) is 0.0526. The van der Waals surface area contributed by atoms with Gasteiger partial charge in [0.25, 0.3) is 5.91 Å². The van der Waals surface area contributed by atoms with Gasteiger partial charge in [-0.3, -0.25) is 4.79 Å². The highest BCUT2D eigenvalue weighted by atomic mass is 35.5. The van der Waals surface area contributed by atoms with E-state index < -0.39 is 5.97 Å². The van der Waals surface area contributed by atoms with E-state index >= 15 is 0 Å². The van der Waals surface area contributed by atoms with Crippen LogP contribution in [0.4, 0.5) is 5.00 Å². The summed E-state index contributed by atoms with van der Waals surface area (Å²) in [5.41, 5.74) is 2.41. The second kappa shape index (κ2) is 7.51. The van der Waals surface area contributed by atoms with Gasteiger partial charge < -0.3 is 10.1 Å². The molecule has 6 heteroatoms. The summed E-state index contributed by atoms with van der Waals surface area (Å²) >= 11 is 7.12. The van der Waals surface area contributed by atoms with Gasteiger partial charge in [-0.2, -0.15) is 0 Å². The molecule has 2 aromatic carbocycles. The van der Waals surface area contributed by atoms with Gasteiger partial charge in [-0.05, 0) is 29.8 Å². The van der Waals surface area contributed by atoms with Crippen molar-refractivity contribution in [1.82, 2.24) is 0 Å². The molecule has 1 aromatic heterocycles. The van der Waals surface area contributed by atoms with Gasteiger partial charge in [0, 0.05) is 21.5 Å². The molecule has 0 unspecified atom stereocenters. The summed E-state index contributed by atoms with van der Waals surface area (Å²) in [4.78, 5) is 24.7. The number of benzene rings is 2. The van der Waals surface area contributed by atoms with Crippen LogP contribution >= 0.6 is 22.9 Å². The number of carbonyl (C=O) groups excluding carboxylic acids is 2. The predicted octanol–water partition coefficient (Wildman–Crippen LogP) is 5.11. The average Bonchev–Trinajstić information content (AvgIpc) is 3.05. The van der Waals surface area contributed by atoms with E-state index in [2.05, 4.69) is 5.32 Å². The van der Waals surface area contributed by atoms with E-state index in [9.17, 15) is 9.59 Å². The zero-order valence-electron chi connectivity index (χ0n) is 13.3. The summed E-state index contributed by atoms with van der Waals surface area (Å²) in [5.74, 6) is -0.810. The third-order valence-electron chi connectivity index (χ3n) is 3.60. The summed E-state index contributed by atoms with van der Waals surface area (Å²) in [6, 6.07) is 16.0. The minimum Gasteiger partial charge on any atom is -0.465 e. The number of amides is 1. The lowest BCUT2D eigenvalue weighted by molar-refractivity contribution is 0.0603. The number of anilines is 1. The summed E-state index contributed by atoms with van der Waals surface area (Å²) < 4.78 is 4.90. The Morgan fingerprint density at radius 3 is 2.36 bits per heavy atom. The minimum absolute atomic E-state index is 0.316. The van der Waals surface area contributed by atoms with Gasteiger partial charge in [-0.15, -0.1) is 11.3 Å². The molecule has 0 aliphatic heterocycles. The molecule has 1 N–H and O–H groups in total. The zero-order chi connectivity index (χ0) is 17.8. The molecule has 25 heavy (non-hydrogen) atoms.